The van der Waals surface area contributed by atoms with Crippen molar-refractivity contribution < 1.29 is 13.6 Å². The maximum absolute atomic E-state index is 13.2. The number of aromatic nitrogens is 3. The Hall–Kier alpha value is -3.19. The Balaban J connectivity index is 1.67. The summed E-state index contributed by atoms with van der Waals surface area (Å²) < 4.78 is 19.7. The van der Waals surface area contributed by atoms with E-state index in [0.717, 1.165) is 5.56 Å². The zero-order valence-electron chi connectivity index (χ0n) is 14.1. The summed E-state index contributed by atoms with van der Waals surface area (Å²) in [5, 5.41) is 4.76. The van der Waals surface area contributed by atoms with Crippen LogP contribution in [0.3, 0.4) is 0 Å². The first-order valence-corrected chi connectivity index (χ1v) is 9.17. The number of benzene rings is 2. The molecule has 5 nitrogen and oxygen atoms in total. The minimum Gasteiger partial charge on any atom is -0.461 e. The molecule has 0 bridgehead atoms. The van der Waals surface area contributed by atoms with E-state index in [1.54, 1.807) is 12.1 Å². The first-order chi connectivity index (χ1) is 13.2. The molecule has 0 saturated heterocycles. The number of halogens is 1. The van der Waals surface area contributed by atoms with Crippen LogP contribution in [-0.4, -0.2) is 20.7 Å². The molecular weight excluding hydrogens is 365 g/mol. The predicted molar refractivity (Wildman–Crippen MR) is 99.9 cm³/mol. The number of hydrogen-bond donors (Lipinski definition) is 0. The Morgan fingerprint density at radius 3 is 2.52 bits per heavy atom. The monoisotopic (exact) mass is 379 g/mol. The van der Waals surface area contributed by atoms with Crippen molar-refractivity contribution in [1.29, 1.82) is 0 Å². The van der Waals surface area contributed by atoms with Crippen LogP contribution < -0.4 is 0 Å². The average Bonchev–Trinajstić information content (AvgIpc) is 3.37. The lowest BCUT2D eigenvalue weighted by molar-refractivity contribution is 0.0933. The van der Waals surface area contributed by atoms with Gasteiger partial charge in [0, 0.05) is 11.3 Å². The van der Waals surface area contributed by atoms with Crippen molar-refractivity contribution in [2.24, 2.45) is 0 Å². The number of carbonyl (C=O) groups is 1. The second-order valence-electron chi connectivity index (χ2n) is 5.69. The van der Waals surface area contributed by atoms with Gasteiger partial charge in [-0.3, -0.25) is 4.79 Å². The van der Waals surface area contributed by atoms with E-state index >= 15 is 0 Å². The van der Waals surface area contributed by atoms with E-state index in [-0.39, 0.29) is 5.91 Å². The van der Waals surface area contributed by atoms with Crippen LogP contribution in [0.5, 0.6) is 0 Å². The van der Waals surface area contributed by atoms with E-state index in [1.165, 1.54) is 47.0 Å². The largest absolute Gasteiger partial charge is 0.461 e. The third-order valence-corrected chi connectivity index (χ3v) is 4.81. The van der Waals surface area contributed by atoms with Gasteiger partial charge >= 0.3 is 0 Å². The van der Waals surface area contributed by atoms with E-state index in [2.05, 4.69) is 10.1 Å². The van der Waals surface area contributed by atoms with Gasteiger partial charge in [-0.15, -0.1) is 5.10 Å². The van der Waals surface area contributed by atoms with Crippen molar-refractivity contribution in [1.82, 2.24) is 14.8 Å². The van der Waals surface area contributed by atoms with E-state index < -0.39 is 5.82 Å². The molecule has 0 aliphatic rings. The van der Waals surface area contributed by atoms with Crippen LogP contribution in [0.25, 0.3) is 11.6 Å². The van der Waals surface area contributed by atoms with Gasteiger partial charge in [-0.25, -0.2) is 4.39 Å². The van der Waals surface area contributed by atoms with Crippen molar-refractivity contribution in [2.45, 2.75) is 10.9 Å². The van der Waals surface area contributed by atoms with Gasteiger partial charge in [-0.2, -0.15) is 9.67 Å². The highest BCUT2D eigenvalue weighted by molar-refractivity contribution is 7.98. The molecule has 0 aliphatic heterocycles. The van der Waals surface area contributed by atoms with Gasteiger partial charge in [-0.05, 0) is 42.0 Å². The zero-order valence-corrected chi connectivity index (χ0v) is 14.9. The molecule has 0 N–H and O–H groups in total. The fourth-order valence-electron chi connectivity index (χ4n) is 2.47. The molecule has 7 heteroatoms. The highest BCUT2D eigenvalue weighted by Gasteiger charge is 2.20. The SMILES string of the molecule is O=C(c1ccc(F)cc1)n1nc(-c2ccco2)nc1SCc1ccccc1. The molecule has 0 fully saturated rings. The minimum atomic E-state index is -0.403. The van der Waals surface area contributed by atoms with Crippen molar-refractivity contribution in [3.63, 3.8) is 0 Å². The smallest absolute Gasteiger partial charge is 0.280 e. The van der Waals surface area contributed by atoms with Crippen LogP contribution >= 0.6 is 11.8 Å². The number of furan rings is 1. The lowest BCUT2D eigenvalue weighted by Crippen LogP contribution is -2.15. The lowest BCUT2D eigenvalue weighted by atomic mass is 10.2. The average molecular weight is 379 g/mol. The molecule has 0 unspecified atom stereocenters. The highest BCUT2D eigenvalue weighted by Crippen LogP contribution is 2.25. The summed E-state index contributed by atoms with van der Waals surface area (Å²) in [6.45, 7) is 0. The summed E-state index contributed by atoms with van der Waals surface area (Å²) in [4.78, 5) is 17.3. The number of hydrogen-bond acceptors (Lipinski definition) is 5. The minimum absolute atomic E-state index is 0.325. The molecule has 4 rings (SSSR count). The maximum atomic E-state index is 13.2. The van der Waals surface area contributed by atoms with Gasteiger partial charge in [-0.1, -0.05) is 42.1 Å². The number of thioether (sulfide) groups is 1. The Labute approximate surface area is 158 Å². The molecule has 0 spiro atoms. The lowest BCUT2D eigenvalue weighted by Gasteiger charge is -2.04. The van der Waals surface area contributed by atoms with Crippen LogP contribution in [0.15, 0.2) is 82.6 Å². The third kappa shape index (κ3) is 3.83. The van der Waals surface area contributed by atoms with Gasteiger partial charge in [0.25, 0.3) is 5.91 Å². The fraction of sp³-hybridized carbons (Fsp3) is 0.0500. The summed E-state index contributed by atoms with van der Waals surface area (Å²) in [5.41, 5.74) is 1.43. The van der Waals surface area contributed by atoms with Crippen LogP contribution in [0.2, 0.25) is 0 Å². The molecule has 0 radical (unpaired) electrons. The van der Waals surface area contributed by atoms with E-state index in [9.17, 15) is 9.18 Å². The highest BCUT2D eigenvalue weighted by atomic mass is 32.2. The van der Waals surface area contributed by atoms with Crippen molar-refractivity contribution >= 4 is 17.7 Å². The number of nitrogens with zero attached hydrogens (tertiary/aromatic N) is 3. The van der Waals surface area contributed by atoms with Crippen molar-refractivity contribution in [3.05, 3.63) is 89.9 Å². The summed E-state index contributed by atoms with van der Waals surface area (Å²) in [6.07, 6.45) is 1.52. The van der Waals surface area contributed by atoms with E-state index in [4.69, 9.17) is 4.42 Å². The number of rotatable bonds is 5. The van der Waals surface area contributed by atoms with Gasteiger partial charge < -0.3 is 4.42 Å². The summed E-state index contributed by atoms with van der Waals surface area (Å²) in [5.74, 6) is 0.651. The number of carbonyl (C=O) groups excluding carboxylic acids is 1. The van der Waals surface area contributed by atoms with Crippen LogP contribution in [0.1, 0.15) is 15.9 Å². The van der Waals surface area contributed by atoms with Crippen LogP contribution in [-0.2, 0) is 5.75 Å². The quantitative estimate of drug-likeness (QED) is 0.472. The first kappa shape index (κ1) is 17.2. The van der Waals surface area contributed by atoms with E-state index in [1.807, 2.05) is 30.3 Å². The molecule has 2 aromatic carbocycles. The van der Waals surface area contributed by atoms with E-state index in [0.29, 0.717) is 28.1 Å². The maximum Gasteiger partial charge on any atom is 0.280 e. The predicted octanol–water partition coefficient (Wildman–Crippen LogP) is 4.66. The Kier molecular flexibility index (Phi) is 4.84. The normalized spacial score (nSPS) is 10.9. The Bertz CT molecular complexity index is 1040. The van der Waals surface area contributed by atoms with Gasteiger partial charge in [0.05, 0.1) is 6.26 Å². The van der Waals surface area contributed by atoms with Crippen molar-refractivity contribution in [3.8, 4) is 11.6 Å². The second-order valence-corrected chi connectivity index (χ2v) is 6.64. The molecule has 0 atom stereocenters. The van der Waals surface area contributed by atoms with Crippen LogP contribution in [0.4, 0.5) is 4.39 Å². The Morgan fingerprint density at radius 1 is 1.04 bits per heavy atom. The second kappa shape index (κ2) is 7.59. The summed E-state index contributed by atoms with van der Waals surface area (Å²) >= 11 is 1.40. The summed E-state index contributed by atoms with van der Waals surface area (Å²) in [6, 6.07) is 18.7. The zero-order chi connectivity index (χ0) is 18.6. The molecule has 27 heavy (non-hydrogen) atoms. The fourth-order valence-corrected chi connectivity index (χ4v) is 3.36. The molecule has 0 aliphatic carbocycles. The molecule has 4 aromatic rings. The Morgan fingerprint density at radius 2 is 1.81 bits per heavy atom. The molecular formula is C20H14FN3O2S. The van der Waals surface area contributed by atoms with Crippen molar-refractivity contribution in [2.75, 3.05) is 0 Å². The summed E-state index contributed by atoms with van der Waals surface area (Å²) in [7, 11) is 0. The van der Waals surface area contributed by atoms with Crippen LogP contribution in [0, 0.1) is 5.82 Å². The van der Waals surface area contributed by atoms with Gasteiger partial charge in [0.15, 0.2) is 10.9 Å². The molecule has 2 heterocycles. The molecule has 0 saturated carbocycles. The van der Waals surface area contributed by atoms with Gasteiger partial charge in [0.1, 0.15) is 5.82 Å². The molecule has 0 amide bonds. The van der Waals surface area contributed by atoms with Gasteiger partial charge in [0.2, 0.25) is 5.82 Å². The molecule has 134 valence electrons. The first-order valence-electron chi connectivity index (χ1n) is 8.18. The third-order valence-electron chi connectivity index (χ3n) is 3.81. The molecule has 2 aromatic heterocycles. The topological polar surface area (TPSA) is 60.9 Å². The standard InChI is InChI=1S/C20H14FN3O2S/c21-16-10-8-15(9-11-16)19(25)24-20(27-13-14-5-2-1-3-6-14)22-18(23-24)17-7-4-12-26-17/h1-12H,13H2.